The summed E-state index contributed by atoms with van der Waals surface area (Å²) in [6, 6.07) is 1.64. The van der Waals surface area contributed by atoms with Crippen LogP contribution >= 0.6 is 15.9 Å². The molecule has 0 bridgehead atoms. The van der Waals surface area contributed by atoms with Crippen LogP contribution in [0.1, 0.15) is 43.9 Å². The number of rotatable bonds is 4. The molecule has 1 N–H and O–H groups in total. The molecule has 0 aliphatic carbocycles. The summed E-state index contributed by atoms with van der Waals surface area (Å²) in [6.45, 7) is 6.00. The summed E-state index contributed by atoms with van der Waals surface area (Å²) in [4.78, 5) is 11.8. The minimum Gasteiger partial charge on any atom is -0.464 e. The second-order valence-electron chi connectivity index (χ2n) is 4.74. The van der Waals surface area contributed by atoms with Gasteiger partial charge in [-0.3, -0.25) is 0 Å². The van der Waals surface area contributed by atoms with Gasteiger partial charge < -0.3 is 19.3 Å². The summed E-state index contributed by atoms with van der Waals surface area (Å²) in [5.41, 5.74) is 1.30. The Hall–Kier alpha value is -1.27. The van der Waals surface area contributed by atoms with E-state index >= 15 is 0 Å². The number of benzene rings is 1. The molecule has 1 heterocycles. The first-order chi connectivity index (χ1) is 9.47. The van der Waals surface area contributed by atoms with Crippen molar-refractivity contribution in [3.63, 3.8) is 0 Å². The molecule has 0 amide bonds. The van der Waals surface area contributed by atoms with E-state index in [0.717, 1.165) is 5.56 Å². The predicted molar refractivity (Wildman–Crippen MR) is 75.9 cm³/mol. The zero-order valence-corrected chi connectivity index (χ0v) is 13.2. The minimum atomic E-state index is -1.34. The molecule has 0 saturated heterocycles. The molecule has 1 aromatic rings. The average molecular weight is 345 g/mol. The van der Waals surface area contributed by atoms with Crippen molar-refractivity contribution in [2.45, 2.75) is 32.8 Å². The van der Waals surface area contributed by atoms with Crippen LogP contribution in [0.25, 0.3) is 0 Å². The van der Waals surface area contributed by atoms with Gasteiger partial charge in [0.25, 0.3) is 0 Å². The van der Waals surface area contributed by atoms with Gasteiger partial charge in [-0.15, -0.1) is 0 Å². The van der Waals surface area contributed by atoms with E-state index in [4.69, 9.17) is 14.2 Å². The SMILES string of the molecule is CCOC(=O)C(O)c1cc2c(c(Br)c1C(C)C)OCO2. The zero-order chi connectivity index (χ0) is 14.9. The molecule has 0 radical (unpaired) electrons. The van der Waals surface area contributed by atoms with Crippen LogP contribution in [0.3, 0.4) is 0 Å². The third-order valence-electron chi connectivity index (χ3n) is 3.06. The quantitative estimate of drug-likeness (QED) is 0.850. The monoisotopic (exact) mass is 344 g/mol. The Labute approximate surface area is 126 Å². The third kappa shape index (κ3) is 2.62. The van der Waals surface area contributed by atoms with Gasteiger partial charge in [-0.05, 0) is 40.4 Å². The molecule has 1 aliphatic rings. The minimum absolute atomic E-state index is 0.0953. The predicted octanol–water partition coefficient (Wildman–Crippen LogP) is 2.90. The van der Waals surface area contributed by atoms with Crippen LogP contribution in [0, 0.1) is 0 Å². The number of carbonyl (C=O) groups excluding carboxylic acids is 1. The van der Waals surface area contributed by atoms with Crippen molar-refractivity contribution >= 4 is 21.9 Å². The number of aliphatic hydroxyl groups is 1. The molecule has 0 aromatic heterocycles. The van der Waals surface area contributed by atoms with Gasteiger partial charge in [0.1, 0.15) is 0 Å². The molecule has 110 valence electrons. The molecule has 1 atom stereocenters. The van der Waals surface area contributed by atoms with E-state index in [1.807, 2.05) is 13.8 Å². The van der Waals surface area contributed by atoms with Gasteiger partial charge in [0, 0.05) is 5.56 Å². The Balaban J connectivity index is 2.51. The Morgan fingerprint density at radius 1 is 1.50 bits per heavy atom. The maximum atomic E-state index is 11.8. The smallest absolute Gasteiger partial charge is 0.339 e. The van der Waals surface area contributed by atoms with E-state index in [0.29, 0.717) is 21.5 Å². The number of ether oxygens (including phenoxy) is 3. The topological polar surface area (TPSA) is 65.0 Å². The fourth-order valence-corrected chi connectivity index (χ4v) is 3.19. The van der Waals surface area contributed by atoms with Crippen LogP contribution in [0.15, 0.2) is 10.5 Å². The number of fused-ring (bicyclic) bond motifs is 1. The van der Waals surface area contributed by atoms with Gasteiger partial charge in [-0.1, -0.05) is 13.8 Å². The van der Waals surface area contributed by atoms with Crippen molar-refractivity contribution in [1.82, 2.24) is 0 Å². The highest BCUT2D eigenvalue weighted by atomic mass is 79.9. The molecule has 20 heavy (non-hydrogen) atoms. The maximum absolute atomic E-state index is 11.8. The first-order valence-electron chi connectivity index (χ1n) is 6.43. The van der Waals surface area contributed by atoms with E-state index in [1.54, 1.807) is 13.0 Å². The standard InChI is InChI=1S/C14H17BrO5/c1-4-18-14(17)12(16)8-5-9-13(20-6-19-9)11(15)10(8)7(2)3/h5,7,12,16H,4,6H2,1-3H3. The molecular weight excluding hydrogens is 328 g/mol. The Kier molecular flexibility index (Phi) is 4.55. The van der Waals surface area contributed by atoms with Gasteiger partial charge in [-0.25, -0.2) is 4.79 Å². The van der Waals surface area contributed by atoms with Crippen molar-refractivity contribution in [3.05, 3.63) is 21.7 Å². The second kappa shape index (κ2) is 6.01. The van der Waals surface area contributed by atoms with Crippen LogP contribution < -0.4 is 9.47 Å². The summed E-state index contributed by atoms with van der Waals surface area (Å²) in [7, 11) is 0. The van der Waals surface area contributed by atoms with Gasteiger partial charge >= 0.3 is 5.97 Å². The highest BCUT2D eigenvalue weighted by Gasteiger charge is 2.30. The molecule has 6 heteroatoms. The number of hydrogen-bond acceptors (Lipinski definition) is 5. The van der Waals surface area contributed by atoms with Crippen molar-refractivity contribution in [1.29, 1.82) is 0 Å². The van der Waals surface area contributed by atoms with Crippen molar-refractivity contribution < 1.29 is 24.1 Å². The molecule has 0 fully saturated rings. The lowest BCUT2D eigenvalue weighted by molar-refractivity contribution is -0.153. The maximum Gasteiger partial charge on any atom is 0.339 e. The van der Waals surface area contributed by atoms with Crippen LogP contribution in [0.4, 0.5) is 0 Å². The van der Waals surface area contributed by atoms with E-state index in [1.165, 1.54) is 0 Å². The number of hydrogen-bond donors (Lipinski definition) is 1. The average Bonchev–Trinajstić information content (AvgIpc) is 2.86. The molecule has 5 nitrogen and oxygen atoms in total. The van der Waals surface area contributed by atoms with Crippen molar-refractivity contribution in [2.75, 3.05) is 13.4 Å². The molecule has 1 unspecified atom stereocenters. The Morgan fingerprint density at radius 3 is 2.80 bits per heavy atom. The molecular formula is C14H17BrO5. The summed E-state index contributed by atoms with van der Waals surface area (Å²) < 4.78 is 16.3. The molecule has 0 spiro atoms. The van der Waals surface area contributed by atoms with E-state index in [-0.39, 0.29) is 19.3 Å². The summed E-state index contributed by atoms with van der Waals surface area (Å²) >= 11 is 3.47. The zero-order valence-electron chi connectivity index (χ0n) is 11.6. The summed E-state index contributed by atoms with van der Waals surface area (Å²) in [5, 5.41) is 10.2. The van der Waals surface area contributed by atoms with Crippen LogP contribution in [0.2, 0.25) is 0 Å². The van der Waals surface area contributed by atoms with E-state index in [2.05, 4.69) is 15.9 Å². The summed E-state index contributed by atoms with van der Waals surface area (Å²) in [6.07, 6.45) is -1.34. The normalized spacial score (nSPS) is 14.5. The molecule has 0 saturated carbocycles. The van der Waals surface area contributed by atoms with Crippen molar-refractivity contribution in [3.8, 4) is 11.5 Å². The van der Waals surface area contributed by atoms with Gasteiger partial charge in [0.05, 0.1) is 11.1 Å². The Bertz CT molecular complexity index is 527. The van der Waals surface area contributed by atoms with Crippen molar-refractivity contribution in [2.24, 2.45) is 0 Å². The van der Waals surface area contributed by atoms with E-state index in [9.17, 15) is 9.90 Å². The number of aliphatic hydroxyl groups excluding tert-OH is 1. The van der Waals surface area contributed by atoms with Crippen LogP contribution in [0.5, 0.6) is 11.5 Å². The first kappa shape index (κ1) is 15.1. The number of esters is 1. The first-order valence-corrected chi connectivity index (χ1v) is 7.23. The van der Waals surface area contributed by atoms with Crippen LogP contribution in [-0.2, 0) is 9.53 Å². The highest BCUT2D eigenvalue weighted by molar-refractivity contribution is 9.10. The fraction of sp³-hybridized carbons (Fsp3) is 0.500. The van der Waals surface area contributed by atoms with Gasteiger partial charge in [0.2, 0.25) is 6.79 Å². The number of halogens is 1. The lowest BCUT2D eigenvalue weighted by Crippen LogP contribution is -2.17. The second-order valence-corrected chi connectivity index (χ2v) is 5.53. The lowest BCUT2D eigenvalue weighted by atomic mass is 9.93. The lowest BCUT2D eigenvalue weighted by Gasteiger charge is -2.19. The largest absolute Gasteiger partial charge is 0.464 e. The highest BCUT2D eigenvalue weighted by Crippen LogP contribution is 2.46. The molecule has 1 aromatic carbocycles. The molecule has 1 aliphatic heterocycles. The van der Waals surface area contributed by atoms with Gasteiger partial charge in [0.15, 0.2) is 17.6 Å². The van der Waals surface area contributed by atoms with Crippen LogP contribution in [-0.4, -0.2) is 24.5 Å². The third-order valence-corrected chi connectivity index (χ3v) is 3.84. The summed E-state index contributed by atoms with van der Waals surface area (Å²) in [5.74, 6) is 0.547. The van der Waals surface area contributed by atoms with Gasteiger partial charge in [-0.2, -0.15) is 0 Å². The fourth-order valence-electron chi connectivity index (χ4n) is 2.20. The number of carbonyl (C=O) groups is 1. The molecule has 2 rings (SSSR count). The Morgan fingerprint density at radius 2 is 2.20 bits per heavy atom. The van der Waals surface area contributed by atoms with E-state index < -0.39 is 12.1 Å².